The van der Waals surface area contributed by atoms with E-state index in [0.717, 1.165) is 11.1 Å². The summed E-state index contributed by atoms with van der Waals surface area (Å²) < 4.78 is 9.23. The van der Waals surface area contributed by atoms with E-state index in [1.165, 1.54) is 14.0 Å². The first-order valence-corrected chi connectivity index (χ1v) is 6.48. The van der Waals surface area contributed by atoms with Crippen molar-refractivity contribution in [2.45, 2.75) is 26.9 Å². The molecular weight excluding hydrogens is 274 g/mol. The minimum absolute atomic E-state index is 0.312. The molecule has 0 aliphatic carbocycles. The maximum absolute atomic E-state index is 11.9. The second-order valence-corrected chi connectivity index (χ2v) is 4.64. The summed E-state index contributed by atoms with van der Waals surface area (Å²) in [6, 6.07) is 5.26. The van der Waals surface area contributed by atoms with Crippen molar-refractivity contribution in [1.82, 2.24) is 5.32 Å². The average molecular weight is 293 g/mol. The Morgan fingerprint density at radius 2 is 1.86 bits per heavy atom. The molecule has 1 rings (SSSR count). The summed E-state index contributed by atoms with van der Waals surface area (Å²) in [5, 5.41) is 2.44. The molecule has 0 saturated heterocycles. The quantitative estimate of drug-likeness (QED) is 0.823. The summed E-state index contributed by atoms with van der Waals surface area (Å²) in [7, 11) is 1.20. The number of methoxy groups -OCH3 is 1. The third-order valence-electron chi connectivity index (χ3n) is 3.00. The summed E-state index contributed by atoms with van der Waals surface area (Å²) in [5.41, 5.74) is 2.54. The van der Waals surface area contributed by atoms with E-state index in [-0.39, 0.29) is 12.5 Å². The smallest absolute Gasteiger partial charge is 0.346 e. The molecule has 0 aliphatic rings. The molecule has 0 aromatic heterocycles. The molecule has 0 spiro atoms. The van der Waals surface area contributed by atoms with Gasteiger partial charge in [0.2, 0.25) is 0 Å². The number of carbonyl (C=O) groups is 3. The molecule has 0 saturated carbocycles. The van der Waals surface area contributed by atoms with Crippen LogP contribution in [0.2, 0.25) is 0 Å². The molecule has 1 amide bonds. The van der Waals surface area contributed by atoms with Crippen molar-refractivity contribution in [3.8, 4) is 0 Å². The van der Waals surface area contributed by atoms with Crippen LogP contribution in [-0.4, -0.2) is 37.6 Å². The lowest BCUT2D eigenvalue weighted by Gasteiger charge is -2.11. The number of rotatable bonds is 5. The molecule has 1 aromatic rings. The number of benzene rings is 1. The number of carbonyl (C=O) groups excluding carboxylic acids is 3. The van der Waals surface area contributed by atoms with Gasteiger partial charge >= 0.3 is 11.9 Å². The number of hydrogen-bond acceptors (Lipinski definition) is 5. The fourth-order valence-corrected chi connectivity index (χ4v) is 1.59. The second-order valence-electron chi connectivity index (χ2n) is 4.64. The van der Waals surface area contributed by atoms with Crippen molar-refractivity contribution in [3.63, 3.8) is 0 Å². The topological polar surface area (TPSA) is 81.7 Å². The molecule has 6 heteroatoms. The van der Waals surface area contributed by atoms with Gasteiger partial charge in [-0.2, -0.15) is 0 Å². The normalized spacial score (nSPS) is 11.4. The molecule has 114 valence electrons. The maximum atomic E-state index is 11.9. The van der Waals surface area contributed by atoms with E-state index in [1.807, 2.05) is 19.9 Å². The van der Waals surface area contributed by atoms with Gasteiger partial charge in [0.15, 0.2) is 6.10 Å². The summed E-state index contributed by atoms with van der Waals surface area (Å²) in [4.78, 5) is 34.5. The number of esters is 2. The molecule has 0 radical (unpaired) electrons. The SMILES string of the molecule is COC(=O)C(C)OC(=O)CNC(=O)c1ccc(C)c(C)c1. The Hall–Kier alpha value is -2.37. The Morgan fingerprint density at radius 3 is 2.43 bits per heavy atom. The van der Waals surface area contributed by atoms with Crippen LogP contribution in [0.4, 0.5) is 0 Å². The van der Waals surface area contributed by atoms with Gasteiger partial charge in [-0.05, 0) is 44.0 Å². The zero-order chi connectivity index (χ0) is 16.0. The average Bonchev–Trinajstić information content (AvgIpc) is 2.46. The second kappa shape index (κ2) is 7.42. The van der Waals surface area contributed by atoms with Crippen LogP contribution < -0.4 is 5.32 Å². The van der Waals surface area contributed by atoms with Crippen LogP contribution >= 0.6 is 0 Å². The molecule has 0 heterocycles. The Balaban J connectivity index is 2.51. The third kappa shape index (κ3) is 4.91. The van der Waals surface area contributed by atoms with Gasteiger partial charge in [-0.1, -0.05) is 6.07 Å². The molecular formula is C15H19NO5. The largest absolute Gasteiger partial charge is 0.466 e. The van der Waals surface area contributed by atoms with Gasteiger partial charge in [0.05, 0.1) is 7.11 Å². The summed E-state index contributed by atoms with van der Waals surface area (Å²) in [6.45, 7) is 4.93. The minimum atomic E-state index is -0.999. The lowest BCUT2D eigenvalue weighted by Crippen LogP contribution is -2.34. The monoisotopic (exact) mass is 293 g/mol. The van der Waals surface area contributed by atoms with Crippen LogP contribution in [0.25, 0.3) is 0 Å². The molecule has 0 bridgehead atoms. The molecule has 1 N–H and O–H groups in total. The van der Waals surface area contributed by atoms with Gasteiger partial charge in [0.1, 0.15) is 6.54 Å². The van der Waals surface area contributed by atoms with Crippen LogP contribution in [0.3, 0.4) is 0 Å². The van der Waals surface area contributed by atoms with Crippen molar-refractivity contribution in [2.75, 3.05) is 13.7 Å². The van der Waals surface area contributed by atoms with Gasteiger partial charge in [-0.25, -0.2) is 4.79 Å². The predicted octanol–water partition coefficient (Wildman–Crippen LogP) is 1.14. The Kier molecular flexibility index (Phi) is 5.90. The van der Waals surface area contributed by atoms with E-state index in [9.17, 15) is 14.4 Å². The molecule has 0 aliphatic heterocycles. The van der Waals surface area contributed by atoms with Crippen molar-refractivity contribution in [3.05, 3.63) is 34.9 Å². The first kappa shape index (κ1) is 16.7. The molecule has 1 aromatic carbocycles. The third-order valence-corrected chi connectivity index (χ3v) is 3.00. The van der Waals surface area contributed by atoms with Crippen LogP contribution in [0.5, 0.6) is 0 Å². The van der Waals surface area contributed by atoms with Crippen molar-refractivity contribution < 1.29 is 23.9 Å². The van der Waals surface area contributed by atoms with E-state index < -0.39 is 18.0 Å². The lowest BCUT2D eigenvalue weighted by atomic mass is 10.1. The maximum Gasteiger partial charge on any atom is 0.346 e. The summed E-state index contributed by atoms with van der Waals surface area (Å²) in [6.07, 6.45) is -0.999. The van der Waals surface area contributed by atoms with Crippen LogP contribution in [0, 0.1) is 13.8 Å². The van der Waals surface area contributed by atoms with Crippen LogP contribution in [0.1, 0.15) is 28.4 Å². The summed E-state index contributed by atoms with van der Waals surface area (Å²) in [5.74, 6) is -1.73. The van der Waals surface area contributed by atoms with E-state index in [0.29, 0.717) is 5.56 Å². The van der Waals surface area contributed by atoms with Crippen LogP contribution in [0.15, 0.2) is 18.2 Å². The number of hydrogen-bond donors (Lipinski definition) is 1. The van der Waals surface area contributed by atoms with Gasteiger partial charge < -0.3 is 14.8 Å². The zero-order valence-corrected chi connectivity index (χ0v) is 12.6. The van der Waals surface area contributed by atoms with Crippen LogP contribution in [-0.2, 0) is 19.1 Å². The highest BCUT2D eigenvalue weighted by Crippen LogP contribution is 2.09. The molecule has 6 nitrogen and oxygen atoms in total. The Morgan fingerprint density at radius 1 is 1.19 bits per heavy atom. The van der Waals surface area contributed by atoms with Gasteiger partial charge in [0.25, 0.3) is 5.91 Å². The zero-order valence-electron chi connectivity index (χ0n) is 12.6. The minimum Gasteiger partial charge on any atom is -0.466 e. The first-order valence-electron chi connectivity index (χ1n) is 6.48. The highest BCUT2D eigenvalue weighted by Gasteiger charge is 2.18. The standard InChI is InChI=1S/C15H19NO5/c1-9-5-6-12(7-10(9)2)14(18)16-8-13(17)21-11(3)15(19)20-4/h5-7,11H,8H2,1-4H3,(H,16,18). The number of ether oxygens (including phenoxy) is 2. The van der Waals surface area contributed by atoms with Gasteiger partial charge in [0, 0.05) is 5.56 Å². The Labute approximate surface area is 123 Å². The van der Waals surface area contributed by atoms with Crippen molar-refractivity contribution in [2.24, 2.45) is 0 Å². The molecule has 1 atom stereocenters. The lowest BCUT2D eigenvalue weighted by molar-refractivity contribution is -0.163. The summed E-state index contributed by atoms with van der Waals surface area (Å²) >= 11 is 0. The van der Waals surface area contributed by atoms with Crippen molar-refractivity contribution in [1.29, 1.82) is 0 Å². The van der Waals surface area contributed by atoms with E-state index in [1.54, 1.807) is 12.1 Å². The van der Waals surface area contributed by atoms with Crippen molar-refractivity contribution >= 4 is 17.8 Å². The van der Waals surface area contributed by atoms with E-state index in [4.69, 9.17) is 4.74 Å². The van der Waals surface area contributed by atoms with Gasteiger partial charge in [-0.15, -0.1) is 0 Å². The van der Waals surface area contributed by atoms with E-state index >= 15 is 0 Å². The molecule has 1 unspecified atom stereocenters. The highest BCUT2D eigenvalue weighted by molar-refractivity contribution is 5.96. The fourth-order valence-electron chi connectivity index (χ4n) is 1.59. The number of nitrogens with one attached hydrogen (secondary N) is 1. The number of amides is 1. The predicted molar refractivity (Wildman–Crippen MR) is 75.8 cm³/mol. The Bertz CT molecular complexity index is 553. The fraction of sp³-hybridized carbons (Fsp3) is 0.400. The first-order chi connectivity index (χ1) is 9.85. The number of aryl methyl sites for hydroxylation is 2. The molecule has 21 heavy (non-hydrogen) atoms. The van der Waals surface area contributed by atoms with Gasteiger partial charge in [-0.3, -0.25) is 9.59 Å². The van der Waals surface area contributed by atoms with E-state index in [2.05, 4.69) is 10.1 Å². The highest BCUT2D eigenvalue weighted by atomic mass is 16.6. The molecule has 0 fully saturated rings.